The van der Waals surface area contributed by atoms with Gasteiger partial charge in [-0.15, -0.1) is 0 Å². The third kappa shape index (κ3) is 2.76. The Kier molecular flexibility index (Phi) is 4.23. The van der Waals surface area contributed by atoms with Gasteiger partial charge in [0.2, 0.25) is 0 Å². The van der Waals surface area contributed by atoms with E-state index in [0.29, 0.717) is 12.3 Å². The highest BCUT2D eigenvalue weighted by Gasteiger charge is 2.35. The number of nitrogens with one attached hydrogen (secondary N) is 1. The SMILES string of the molecule is CCCN1c2cn(C)nc2C(=O)NC1c1ccccc1OCC. The van der Waals surface area contributed by atoms with Crippen molar-refractivity contribution in [3.63, 3.8) is 0 Å². The molecular weight excluding hydrogens is 292 g/mol. The molecule has 1 atom stereocenters. The number of fused-ring (bicyclic) bond motifs is 1. The Morgan fingerprint density at radius 2 is 2.09 bits per heavy atom. The average Bonchev–Trinajstić information content (AvgIpc) is 2.93. The molecule has 1 aromatic heterocycles. The largest absolute Gasteiger partial charge is 0.493 e. The van der Waals surface area contributed by atoms with Crippen molar-refractivity contribution in [1.29, 1.82) is 0 Å². The van der Waals surface area contributed by atoms with Crippen molar-refractivity contribution in [3.8, 4) is 5.75 Å². The van der Waals surface area contributed by atoms with Crippen LogP contribution < -0.4 is 15.0 Å². The number of amides is 1. The topological polar surface area (TPSA) is 59.4 Å². The van der Waals surface area contributed by atoms with Crippen molar-refractivity contribution in [2.45, 2.75) is 26.4 Å². The number of para-hydroxylation sites is 1. The van der Waals surface area contributed by atoms with Gasteiger partial charge in [0.1, 0.15) is 11.9 Å². The molecule has 23 heavy (non-hydrogen) atoms. The van der Waals surface area contributed by atoms with Crippen molar-refractivity contribution in [2.75, 3.05) is 18.1 Å². The van der Waals surface area contributed by atoms with Crippen LogP contribution in [0.3, 0.4) is 0 Å². The van der Waals surface area contributed by atoms with Gasteiger partial charge in [0.15, 0.2) is 5.69 Å². The van der Waals surface area contributed by atoms with Gasteiger partial charge in [0.25, 0.3) is 5.91 Å². The summed E-state index contributed by atoms with van der Waals surface area (Å²) in [5.74, 6) is 0.651. The highest BCUT2D eigenvalue weighted by molar-refractivity contribution is 6.00. The van der Waals surface area contributed by atoms with E-state index in [0.717, 1.165) is 30.0 Å². The van der Waals surface area contributed by atoms with Crippen molar-refractivity contribution < 1.29 is 9.53 Å². The molecule has 6 heteroatoms. The summed E-state index contributed by atoms with van der Waals surface area (Å²) in [7, 11) is 1.83. The van der Waals surface area contributed by atoms with Crippen LogP contribution in [0.15, 0.2) is 30.5 Å². The molecule has 6 nitrogen and oxygen atoms in total. The molecule has 1 unspecified atom stereocenters. The average molecular weight is 314 g/mol. The Bertz CT molecular complexity index is 710. The minimum absolute atomic E-state index is 0.149. The van der Waals surface area contributed by atoms with E-state index in [9.17, 15) is 4.79 Å². The third-order valence-corrected chi connectivity index (χ3v) is 3.89. The lowest BCUT2D eigenvalue weighted by atomic mass is 10.1. The molecule has 1 N–H and O–H groups in total. The summed E-state index contributed by atoms with van der Waals surface area (Å²) in [6.45, 7) is 5.49. The molecule has 122 valence electrons. The molecule has 3 rings (SSSR count). The molecular formula is C17H22N4O2. The first-order valence-corrected chi connectivity index (χ1v) is 7.98. The number of rotatable bonds is 5. The number of aryl methyl sites for hydroxylation is 1. The number of benzene rings is 1. The summed E-state index contributed by atoms with van der Waals surface area (Å²) in [5, 5.41) is 7.35. The van der Waals surface area contributed by atoms with Crippen molar-refractivity contribution in [1.82, 2.24) is 15.1 Å². The Balaban J connectivity index is 2.06. The van der Waals surface area contributed by atoms with Crippen molar-refractivity contribution >= 4 is 11.6 Å². The molecule has 0 fully saturated rings. The lowest BCUT2D eigenvalue weighted by molar-refractivity contribution is 0.0920. The zero-order valence-electron chi connectivity index (χ0n) is 13.7. The number of nitrogens with zero attached hydrogens (tertiary/aromatic N) is 3. The third-order valence-electron chi connectivity index (χ3n) is 3.89. The van der Waals surface area contributed by atoms with E-state index < -0.39 is 0 Å². The fourth-order valence-corrected chi connectivity index (χ4v) is 2.99. The van der Waals surface area contributed by atoms with Crippen LogP contribution in [-0.4, -0.2) is 28.8 Å². The first kappa shape index (κ1) is 15.4. The lowest BCUT2D eigenvalue weighted by Crippen LogP contribution is -2.46. The monoisotopic (exact) mass is 314 g/mol. The van der Waals surface area contributed by atoms with Gasteiger partial charge in [-0.05, 0) is 19.4 Å². The molecule has 0 saturated heterocycles. The fourth-order valence-electron chi connectivity index (χ4n) is 2.99. The summed E-state index contributed by atoms with van der Waals surface area (Å²) >= 11 is 0. The van der Waals surface area contributed by atoms with Crippen LogP contribution in [0, 0.1) is 0 Å². The maximum Gasteiger partial charge on any atom is 0.275 e. The lowest BCUT2D eigenvalue weighted by Gasteiger charge is -2.37. The summed E-state index contributed by atoms with van der Waals surface area (Å²) in [4.78, 5) is 14.6. The molecule has 0 saturated carbocycles. The summed E-state index contributed by atoms with van der Waals surface area (Å²) in [6.07, 6.45) is 2.62. The number of hydrogen-bond donors (Lipinski definition) is 1. The number of hydrogen-bond acceptors (Lipinski definition) is 4. The maximum absolute atomic E-state index is 12.4. The Hall–Kier alpha value is -2.50. The Morgan fingerprint density at radius 3 is 2.83 bits per heavy atom. The molecule has 1 amide bonds. The summed E-state index contributed by atoms with van der Waals surface area (Å²) in [5.41, 5.74) is 2.31. The summed E-state index contributed by atoms with van der Waals surface area (Å²) in [6, 6.07) is 7.85. The van der Waals surface area contributed by atoms with Gasteiger partial charge < -0.3 is 15.0 Å². The molecule has 1 aromatic carbocycles. The Morgan fingerprint density at radius 1 is 1.30 bits per heavy atom. The second kappa shape index (κ2) is 6.32. The van der Waals surface area contributed by atoms with E-state index in [2.05, 4.69) is 22.2 Å². The first-order valence-electron chi connectivity index (χ1n) is 7.98. The van der Waals surface area contributed by atoms with Gasteiger partial charge in [0.05, 0.1) is 12.3 Å². The maximum atomic E-state index is 12.4. The van der Waals surface area contributed by atoms with Crippen LogP contribution in [0.1, 0.15) is 42.5 Å². The Labute approximate surface area is 136 Å². The molecule has 0 radical (unpaired) electrons. The second-order valence-corrected chi connectivity index (χ2v) is 5.58. The van der Waals surface area contributed by atoms with Crippen molar-refractivity contribution in [2.24, 2.45) is 7.05 Å². The molecule has 1 aliphatic rings. The minimum atomic E-state index is -0.248. The number of carbonyl (C=O) groups excluding carboxylic acids is 1. The summed E-state index contributed by atoms with van der Waals surface area (Å²) < 4.78 is 7.43. The normalized spacial score (nSPS) is 16.9. The first-order chi connectivity index (χ1) is 11.2. The molecule has 0 spiro atoms. The van der Waals surface area contributed by atoms with E-state index in [4.69, 9.17) is 4.74 Å². The van der Waals surface area contributed by atoms with Gasteiger partial charge >= 0.3 is 0 Å². The van der Waals surface area contributed by atoms with Crippen LogP contribution in [0.25, 0.3) is 0 Å². The molecule has 2 aromatic rings. The second-order valence-electron chi connectivity index (χ2n) is 5.58. The minimum Gasteiger partial charge on any atom is -0.493 e. The van der Waals surface area contributed by atoms with Crippen LogP contribution in [0.2, 0.25) is 0 Å². The van der Waals surface area contributed by atoms with Gasteiger partial charge in [-0.3, -0.25) is 9.48 Å². The van der Waals surface area contributed by atoms with Gasteiger partial charge in [-0.2, -0.15) is 5.10 Å². The smallest absolute Gasteiger partial charge is 0.275 e. The highest BCUT2D eigenvalue weighted by atomic mass is 16.5. The van der Waals surface area contributed by atoms with Crippen LogP contribution in [0.4, 0.5) is 5.69 Å². The van der Waals surface area contributed by atoms with Gasteiger partial charge in [0, 0.05) is 25.4 Å². The fraction of sp³-hybridized carbons (Fsp3) is 0.412. The number of aromatic nitrogens is 2. The van der Waals surface area contributed by atoms with Crippen LogP contribution >= 0.6 is 0 Å². The number of carbonyl (C=O) groups is 1. The quantitative estimate of drug-likeness (QED) is 0.921. The van der Waals surface area contributed by atoms with E-state index in [1.807, 2.05) is 44.4 Å². The van der Waals surface area contributed by atoms with Crippen LogP contribution in [0.5, 0.6) is 5.75 Å². The highest BCUT2D eigenvalue weighted by Crippen LogP contribution is 2.36. The van der Waals surface area contributed by atoms with Gasteiger partial charge in [-0.1, -0.05) is 25.1 Å². The standard InChI is InChI=1S/C17H22N4O2/c1-4-10-21-13-11-20(3)19-15(13)17(22)18-16(21)12-8-6-7-9-14(12)23-5-2/h6-9,11,16H,4-5,10H2,1-3H3,(H,18,22). The molecule has 0 aliphatic carbocycles. The predicted octanol–water partition coefficient (Wildman–Crippen LogP) is 2.48. The molecule has 2 heterocycles. The van der Waals surface area contributed by atoms with Crippen LogP contribution in [-0.2, 0) is 7.05 Å². The van der Waals surface area contributed by atoms with E-state index in [1.165, 1.54) is 0 Å². The molecule has 1 aliphatic heterocycles. The van der Waals surface area contributed by atoms with E-state index >= 15 is 0 Å². The number of ether oxygens (including phenoxy) is 1. The molecule has 0 bridgehead atoms. The van der Waals surface area contributed by atoms with E-state index in [1.54, 1.807) is 4.68 Å². The van der Waals surface area contributed by atoms with Gasteiger partial charge in [-0.25, -0.2) is 0 Å². The predicted molar refractivity (Wildman–Crippen MR) is 88.7 cm³/mol. The van der Waals surface area contributed by atoms with E-state index in [-0.39, 0.29) is 12.1 Å². The van der Waals surface area contributed by atoms with Crippen molar-refractivity contribution in [3.05, 3.63) is 41.7 Å². The zero-order valence-corrected chi connectivity index (χ0v) is 13.7. The zero-order chi connectivity index (χ0) is 16.4. The number of anilines is 1.